The molecule has 1 fully saturated rings. The highest BCUT2D eigenvalue weighted by Crippen LogP contribution is 2.36. The molecule has 1 aromatic carbocycles. The number of nitrogens with zero attached hydrogens (tertiary/aromatic N) is 1. The van der Waals surface area contributed by atoms with Crippen molar-refractivity contribution < 1.29 is 0 Å². The van der Waals surface area contributed by atoms with Crippen LogP contribution in [0.4, 0.5) is 0 Å². The van der Waals surface area contributed by atoms with Gasteiger partial charge in [0.1, 0.15) is 0 Å². The van der Waals surface area contributed by atoms with Gasteiger partial charge in [-0.1, -0.05) is 30.3 Å². The number of benzene rings is 1. The summed E-state index contributed by atoms with van der Waals surface area (Å²) >= 11 is 0. The van der Waals surface area contributed by atoms with E-state index >= 15 is 0 Å². The van der Waals surface area contributed by atoms with Crippen LogP contribution in [0.15, 0.2) is 30.3 Å². The van der Waals surface area contributed by atoms with Crippen LogP contribution < -0.4 is 5.32 Å². The van der Waals surface area contributed by atoms with Crippen LogP contribution in [0.5, 0.6) is 0 Å². The summed E-state index contributed by atoms with van der Waals surface area (Å²) in [4.78, 5) is 2.56. The van der Waals surface area contributed by atoms with Crippen molar-refractivity contribution in [3.63, 3.8) is 0 Å². The number of hydrogen-bond acceptors (Lipinski definition) is 2. The van der Waals surface area contributed by atoms with Crippen LogP contribution in [0.25, 0.3) is 0 Å². The standard InChI is InChI=1S/C18H30N2/c1-14(2)20(15(3)4)11-10-19-18-12-17(13-18)16-8-6-5-7-9-16/h5-9,14-15,17-19H,10-13H2,1-4H3. The summed E-state index contributed by atoms with van der Waals surface area (Å²) in [6, 6.07) is 12.9. The zero-order valence-electron chi connectivity index (χ0n) is 13.5. The molecular weight excluding hydrogens is 244 g/mol. The van der Waals surface area contributed by atoms with Gasteiger partial charge < -0.3 is 5.32 Å². The third kappa shape index (κ3) is 4.07. The van der Waals surface area contributed by atoms with Gasteiger partial charge in [-0.15, -0.1) is 0 Å². The second kappa shape index (κ2) is 7.24. The first-order valence-corrected chi connectivity index (χ1v) is 8.12. The van der Waals surface area contributed by atoms with Crippen LogP contribution in [0.1, 0.15) is 52.0 Å². The van der Waals surface area contributed by atoms with Crippen molar-refractivity contribution in [3.05, 3.63) is 35.9 Å². The summed E-state index contributed by atoms with van der Waals surface area (Å²) in [6.45, 7) is 11.4. The quantitative estimate of drug-likeness (QED) is 0.816. The van der Waals surface area contributed by atoms with Crippen LogP contribution in [-0.2, 0) is 0 Å². The molecular formula is C18H30N2. The minimum absolute atomic E-state index is 0.634. The average Bonchev–Trinajstić information content (AvgIpc) is 2.36. The molecule has 2 rings (SSSR count). The minimum Gasteiger partial charge on any atom is -0.313 e. The summed E-state index contributed by atoms with van der Waals surface area (Å²) < 4.78 is 0. The van der Waals surface area contributed by atoms with Gasteiger partial charge in [0.15, 0.2) is 0 Å². The second-order valence-electron chi connectivity index (χ2n) is 6.66. The Labute approximate surface area is 124 Å². The van der Waals surface area contributed by atoms with E-state index in [0.717, 1.165) is 25.0 Å². The molecule has 0 bridgehead atoms. The largest absolute Gasteiger partial charge is 0.313 e. The third-order valence-corrected chi connectivity index (χ3v) is 4.54. The maximum absolute atomic E-state index is 3.72. The van der Waals surface area contributed by atoms with Gasteiger partial charge in [0, 0.05) is 31.2 Å². The highest BCUT2D eigenvalue weighted by molar-refractivity contribution is 5.22. The van der Waals surface area contributed by atoms with E-state index in [1.807, 2.05) is 0 Å². The molecule has 1 aliphatic carbocycles. The molecule has 0 spiro atoms. The van der Waals surface area contributed by atoms with Gasteiger partial charge in [0.05, 0.1) is 0 Å². The van der Waals surface area contributed by atoms with Gasteiger partial charge in [0.25, 0.3) is 0 Å². The van der Waals surface area contributed by atoms with Crippen LogP contribution in [-0.4, -0.2) is 36.1 Å². The molecule has 1 N–H and O–H groups in total. The highest BCUT2D eigenvalue weighted by Gasteiger charge is 2.29. The van der Waals surface area contributed by atoms with Crippen LogP contribution >= 0.6 is 0 Å². The summed E-state index contributed by atoms with van der Waals surface area (Å²) in [5, 5.41) is 3.72. The Morgan fingerprint density at radius 1 is 1.05 bits per heavy atom. The lowest BCUT2D eigenvalue weighted by Gasteiger charge is -2.38. The van der Waals surface area contributed by atoms with Crippen molar-refractivity contribution in [2.75, 3.05) is 13.1 Å². The molecule has 0 aliphatic heterocycles. The fourth-order valence-corrected chi connectivity index (χ4v) is 3.29. The van der Waals surface area contributed by atoms with E-state index in [4.69, 9.17) is 0 Å². The topological polar surface area (TPSA) is 15.3 Å². The summed E-state index contributed by atoms with van der Waals surface area (Å²) in [6.07, 6.45) is 2.60. The highest BCUT2D eigenvalue weighted by atomic mass is 15.2. The Morgan fingerprint density at radius 2 is 1.65 bits per heavy atom. The van der Waals surface area contributed by atoms with Crippen LogP contribution in [0, 0.1) is 0 Å². The summed E-state index contributed by atoms with van der Waals surface area (Å²) in [5.41, 5.74) is 1.51. The van der Waals surface area contributed by atoms with Crippen molar-refractivity contribution in [2.24, 2.45) is 0 Å². The van der Waals surface area contributed by atoms with Gasteiger partial charge >= 0.3 is 0 Å². The van der Waals surface area contributed by atoms with E-state index in [1.165, 1.54) is 18.4 Å². The predicted octanol–water partition coefficient (Wildman–Crippen LogP) is 3.64. The molecule has 0 amide bonds. The van der Waals surface area contributed by atoms with Crippen molar-refractivity contribution in [1.82, 2.24) is 10.2 Å². The van der Waals surface area contributed by atoms with E-state index < -0.39 is 0 Å². The molecule has 2 nitrogen and oxygen atoms in total. The van der Waals surface area contributed by atoms with E-state index in [2.05, 4.69) is 68.2 Å². The van der Waals surface area contributed by atoms with Crippen molar-refractivity contribution >= 4 is 0 Å². The third-order valence-electron chi connectivity index (χ3n) is 4.54. The van der Waals surface area contributed by atoms with E-state index in [0.29, 0.717) is 12.1 Å². The lowest BCUT2D eigenvalue weighted by atomic mass is 9.76. The zero-order chi connectivity index (χ0) is 14.5. The normalized spacial score (nSPS) is 22.6. The Bertz CT molecular complexity index is 372. The first-order valence-electron chi connectivity index (χ1n) is 8.12. The van der Waals surface area contributed by atoms with Crippen molar-refractivity contribution in [2.45, 2.75) is 64.6 Å². The van der Waals surface area contributed by atoms with Gasteiger partial charge in [0.2, 0.25) is 0 Å². The van der Waals surface area contributed by atoms with E-state index in [-0.39, 0.29) is 0 Å². The summed E-state index contributed by atoms with van der Waals surface area (Å²) in [7, 11) is 0. The molecule has 1 aromatic rings. The first kappa shape index (κ1) is 15.5. The molecule has 0 saturated heterocycles. The molecule has 112 valence electrons. The molecule has 1 saturated carbocycles. The van der Waals surface area contributed by atoms with Crippen LogP contribution in [0.3, 0.4) is 0 Å². The fraction of sp³-hybridized carbons (Fsp3) is 0.667. The van der Waals surface area contributed by atoms with E-state index in [9.17, 15) is 0 Å². The van der Waals surface area contributed by atoms with Crippen LogP contribution in [0.2, 0.25) is 0 Å². The van der Waals surface area contributed by atoms with Gasteiger partial charge in [-0.2, -0.15) is 0 Å². The lowest BCUT2D eigenvalue weighted by Crippen LogP contribution is -2.46. The van der Waals surface area contributed by atoms with Crippen molar-refractivity contribution in [1.29, 1.82) is 0 Å². The molecule has 1 aliphatic rings. The fourth-order valence-electron chi connectivity index (χ4n) is 3.29. The molecule has 0 heterocycles. The maximum Gasteiger partial charge on any atom is 0.0112 e. The lowest BCUT2D eigenvalue weighted by molar-refractivity contribution is 0.168. The predicted molar refractivity (Wildman–Crippen MR) is 87.2 cm³/mol. The number of nitrogens with one attached hydrogen (secondary N) is 1. The Morgan fingerprint density at radius 3 is 2.20 bits per heavy atom. The molecule has 0 atom stereocenters. The maximum atomic E-state index is 3.72. The van der Waals surface area contributed by atoms with Gasteiger partial charge in [-0.3, -0.25) is 4.90 Å². The van der Waals surface area contributed by atoms with Crippen molar-refractivity contribution in [3.8, 4) is 0 Å². The smallest absolute Gasteiger partial charge is 0.0112 e. The minimum atomic E-state index is 0.634. The first-order chi connectivity index (χ1) is 9.58. The van der Waals surface area contributed by atoms with Gasteiger partial charge in [-0.05, 0) is 52.0 Å². The zero-order valence-corrected chi connectivity index (χ0v) is 13.5. The van der Waals surface area contributed by atoms with Gasteiger partial charge in [-0.25, -0.2) is 0 Å². The Hall–Kier alpha value is -0.860. The monoisotopic (exact) mass is 274 g/mol. The summed E-state index contributed by atoms with van der Waals surface area (Å²) in [5.74, 6) is 0.778. The number of hydrogen-bond donors (Lipinski definition) is 1. The molecule has 0 aromatic heterocycles. The molecule has 0 unspecified atom stereocenters. The molecule has 20 heavy (non-hydrogen) atoms. The Balaban J connectivity index is 1.66. The Kier molecular flexibility index (Phi) is 5.62. The SMILES string of the molecule is CC(C)N(CCNC1CC(c2ccccc2)C1)C(C)C. The molecule has 0 radical (unpaired) electrons. The number of rotatable bonds is 7. The van der Waals surface area contributed by atoms with E-state index in [1.54, 1.807) is 0 Å². The average molecular weight is 274 g/mol. The second-order valence-corrected chi connectivity index (χ2v) is 6.66. The molecule has 2 heteroatoms.